The molecule has 0 aliphatic carbocycles. The summed E-state index contributed by atoms with van der Waals surface area (Å²) >= 11 is 0. The molecule has 0 unspecified atom stereocenters. The normalized spacial score (nSPS) is 11.5. The first-order valence-electron chi connectivity index (χ1n) is 7.25. The maximum Gasteiger partial charge on any atom is 0.122 e. The number of rotatable bonds is 6. The van der Waals surface area contributed by atoms with Crippen molar-refractivity contribution in [3.05, 3.63) is 40.6 Å². The Hall–Kier alpha value is -1.55. The molecule has 0 aliphatic rings. The van der Waals surface area contributed by atoms with Crippen molar-refractivity contribution in [1.29, 1.82) is 0 Å². The molecule has 20 heavy (non-hydrogen) atoms. The fraction of sp³-hybridized carbons (Fsp3) is 0.562. The number of hydrogen-bond donors (Lipinski definition) is 1. The van der Waals surface area contributed by atoms with Gasteiger partial charge in [0.25, 0.3) is 0 Å². The van der Waals surface area contributed by atoms with E-state index in [2.05, 4.69) is 49.7 Å². The number of hydrogen-bond acceptors (Lipinski definition) is 3. The highest BCUT2D eigenvalue weighted by Gasteiger charge is 2.11. The molecule has 2 heterocycles. The Kier molecular flexibility index (Phi) is 4.65. The molecule has 2 aromatic heterocycles. The topological polar surface area (TPSA) is 43.0 Å². The van der Waals surface area contributed by atoms with Crippen LogP contribution in [-0.2, 0) is 13.1 Å². The predicted molar refractivity (Wildman–Crippen MR) is 80.8 cm³/mol. The zero-order chi connectivity index (χ0) is 14.7. The van der Waals surface area contributed by atoms with Gasteiger partial charge >= 0.3 is 0 Å². The highest BCUT2D eigenvalue weighted by atomic mass is 16.3. The Morgan fingerprint density at radius 1 is 1.30 bits per heavy atom. The van der Waals surface area contributed by atoms with Crippen LogP contribution in [0.4, 0.5) is 0 Å². The molecule has 4 heteroatoms. The van der Waals surface area contributed by atoms with Gasteiger partial charge in [-0.05, 0) is 44.9 Å². The van der Waals surface area contributed by atoms with Crippen molar-refractivity contribution in [3.63, 3.8) is 0 Å². The van der Waals surface area contributed by atoms with E-state index in [0.29, 0.717) is 5.92 Å². The lowest BCUT2D eigenvalue weighted by Gasteiger charge is -2.08. The van der Waals surface area contributed by atoms with Gasteiger partial charge in [0, 0.05) is 11.3 Å². The summed E-state index contributed by atoms with van der Waals surface area (Å²) in [5.74, 6) is 1.66. The summed E-state index contributed by atoms with van der Waals surface area (Å²) in [7, 11) is 0. The molecule has 0 aromatic carbocycles. The summed E-state index contributed by atoms with van der Waals surface area (Å²) in [6, 6.07) is 2.04. The molecule has 0 amide bonds. The van der Waals surface area contributed by atoms with Crippen molar-refractivity contribution in [2.24, 2.45) is 5.92 Å². The van der Waals surface area contributed by atoms with E-state index in [1.807, 2.05) is 6.07 Å². The van der Waals surface area contributed by atoms with E-state index >= 15 is 0 Å². The summed E-state index contributed by atoms with van der Waals surface area (Å²) in [6.07, 6.45) is 1.76. The average molecular weight is 275 g/mol. The molecule has 0 radical (unpaired) electrons. The lowest BCUT2D eigenvalue weighted by Crippen LogP contribution is -2.19. The van der Waals surface area contributed by atoms with Gasteiger partial charge in [0.1, 0.15) is 5.76 Å². The monoisotopic (exact) mass is 275 g/mol. The van der Waals surface area contributed by atoms with E-state index in [4.69, 9.17) is 4.42 Å². The molecule has 2 aromatic rings. The first-order valence-corrected chi connectivity index (χ1v) is 7.25. The number of aromatic nitrogens is 2. The maximum absolute atomic E-state index is 5.59. The van der Waals surface area contributed by atoms with Crippen LogP contribution in [-0.4, -0.2) is 16.3 Å². The van der Waals surface area contributed by atoms with Crippen LogP contribution in [0.3, 0.4) is 0 Å². The van der Waals surface area contributed by atoms with Gasteiger partial charge in [-0.25, -0.2) is 0 Å². The van der Waals surface area contributed by atoms with Crippen molar-refractivity contribution < 1.29 is 4.42 Å². The molecule has 0 bridgehead atoms. The first kappa shape index (κ1) is 14.9. The molecule has 0 aliphatic heterocycles. The van der Waals surface area contributed by atoms with Gasteiger partial charge in [-0.2, -0.15) is 5.10 Å². The van der Waals surface area contributed by atoms with Crippen LogP contribution in [0.5, 0.6) is 0 Å². The van der Waals surface area contributed by atoms with E-state index in [1.165, 1.54) is 16.8 Å². The fourth-order valence-electron chi connectivity index (χ4n) is 2.24. The zero-order valence-electron chi connectivity index (χ0n) is 13.2. The smallest absolute Gasteiger partial charge is 0.122 e. The number of aryl methyl sites for hydroxylation is 1. The number of nitrogens with one attached hydrogen (secondary N) is 1. The third kappa shape index (κ3) is 3.31. The first-order chi connectivity index (χ1) is 9.49. The Bertz CT molecular complexity index is 566. The molecular formula is C16H25N3O. The van der Waals surface area contributed by atoms with Crippen molar-refractivity contribution >= 4 is 0 Å². The van der Waals surface area contributed by atoms with E-state index in [-0.39, 0.29) is 0 Å². The third-order valence-corrected chi connectivity index (χ3v) is 3.74. The summed E-state index contributed by atoms with van der Waals surface area (Å²) in [6.45, 7) is 13.2. The van der Waals surface area contributed by atoms with Crippen LogP contribution < -0.4 is 5.32 Å². The Morgan fingerprint density at radius 2 is 2.05 bits per heavy atom. The van der Waals surface area contributed by atoms with Gasteiger partial charge in [0.2, 0.25) is 0 Å². The molecule has 0 saturated heterocycles. The minimum atomic E-state index is 0.645. The lowest BCUT2D eigenvalue weighted by atomic mass is 10.2. The van der Waals surface area contributed by atoms with Gasteiger partial charge in [-0.3, -0.25) is 4.68 Å². The Labute approximate surface area is 121 Å². The highest BCUT2D eigenvalue weighted by molar-refractivity contribution is 5.24. The van der Waals surface area contributed by atoms with Gasteiger partial charge in [0.15, 0.2) is 0 Å². The van der Waals surface area contributed by atoms with Crippen molar-refractivity contribution in [2.45, 2.75) is 47.7 Å². The quantitative estimate of drug-likeness (QED) is 0.880. The molecule has 0 atom stereocenters. The summed E-state index contributed by atoms with van der Waals surface area (Å²) in [5, 5.41) is 8.01. The van der Waals surface area contributed by atoms with Crippen LogP contribution >= 0.6 is 0 Å². The predicted octanol–water partition coefficient (Wildman–Crippen LogP) is 3.20. The second-order valence-corrected chi connectivity index (χ2v) is 5.85. The number of nitrogens with zero attached hydrogens (tertiary/aromatic N) is 2. The van der Waals surface area contributed by atoms with E-state index in [1.54, 1.807) is 6.26 Å². The SMILES string of the molecule is Cc1nn(Cc2ccoc2CNCC(C)C)c(C)c1C. The standard InChI is InChI=1S/C16H25N3O/c1-11(2)8-17-9-16-15(6-7-20-16)10-19-14(5)12(3)13(4)18-19/h6-7,11,17H,8-10H2,1-5H3. The molecule has 0 saturated carbocycles. The van der Waals surface area contributed by atoms with Crippen LogP contribution in [0.1, 0.15) is 42.1 Å². The van der Waals surface area contributed by atoms with E-state index in [0.717, 1.165) is 31.1 Å². The fourth-order valence-corrected chi connectivity index (χ4v) is 2.24. The van der Waals surface area contributed by atoms with Gasteiger partial charge in [-0.1, -0.05) is 13.8 Å². The van der Waals surface area contributed by atoms with E-state index in [9.17, 15) is 0 Å². The molecule has 4 nitrogen and oxygen atoms in total. The number of furan rings is 1. The van der Waals surface area contributed by atoms with Crippen LogP contribution in [0.25, 0.3) is 0 Å². The largest absolute Gasteiger partial charge is 0.468 e. The summed E-state index contributed by atoms with van der Waals surface area (Å²) in [4.78, 5) is 0. The molecule has 0 spiro atoms. The summed E-state index contributed by atoms with van der Waals surface area (Å²) in [5.41, 5.74) is 4.80. The average Bonchev–Trinajstić information content (AvgIpc) is 2.91. The van der Waals surface area contributed by atoms with Gasteiger partial charge in [0.05, 0.1) is 25.0 Å². The lowest BCUT2D eigenvalue weighted by molar-refractivity contribution is 0.457. The van der Waals surface area contributed by atoms with Crippen molar-refractivity contribution in [1.82, 2.24) is 15.1 Å². The Balaban J connectivity index is 2.06. The van der Waals surface area contributed by atoms with Crippen molar-refractivity contribution in [3.8, 4) is 0 Å². The molecule has 0 fully saturated rings. The van der Waals surface area contributed by atoms with Gasteiger partial charge < -0.3 is 9.73 Å². The molecule has 1 N–H and O–H groups in total. The second kappa shape index (κ2) is 6.27. The highest BCUT2D eigenvalue weighted by Crippen LogP contribution is 2.16. The van der Waals surface area contributed by atoms with Crippen molar-refractivity contribution in [2.75, 3.05) is 6.54 Å². The Morgan fingerprint density at radius 3 is 2.65 bits per heavy atom. The van der Waals surface area contributed by atoms with Crippen LogP contribution in [0, 0.1) is 26.7 Å². The molecule has 110 valence electrons. The molecule has 2 rings (SSSR count). The van der Waals surface area contributed by atoms with Crippen LogP contribution in [0.15, 0.2) is 16.7 Å². The minimum Gasteiger partial charge on any atom is -0.468 e. The minimum absolute atomic E-state index is 0.645. The zero-order valence-corrected chi connectivity index (χ0v) is 13.2. The second-order valence-electron chi connectivity index (χ2n) is 5.85. The molecular weight excluding hydrogens is 250 g/mol. The third-order valence-electron chi connectivity index (χ3n) is 3.74. The summed E-state index contributed by atoms with van der Waals surface area (Å²) < 4.78 is 7.65. The van der Waals surface area contributed by atoms with Crippen LogP contribution in [0.2, 0.25) is 0 Å². The maximum atomic E-state index is 5.59. The van der Waals surface area contributed by atoms with E-state index < -0.39 is 0 Å². The van der Waals surface area contributed by atoms with Gasteiger partial charge in [-0.15, -0.1) is 0 Å².